The van der Waals surface area contributed by atoms with E-state index in [1.807, 2.05) is 13.8 Å². The first-order chi connectivity index (χ1) is 14.2. The summed E-state index contributed by atoms with van der Waals surface area (Å²) in [5, 5.41) is 10.7. The number of hydrogen-bond acceptors (Lipinski definition) is 5. The molecule has 2 saturated carbocycles. The molecule has 0 aliphatic heterocycles. The molecule has 0 amide bonds. The fraction of sp³-hybridized carbons (Fsp3) is 0.565. The molecule has 2 aliphatic carbocycles. The van der Waals surface area contributed by atoms with Crippen molar-refractivity contribution in [3.63, 3.8) is 0 Å². The lowest BCUT2D eigenvalue weighted by atomic mass is 9.96. The lowest BCUT2D eigenvalue weighted by molar-refractivity contribution is -0.126. The van der Waals surface area contributed by atoms with Crippen LogP contribution in [0, 0.1) is 11.3 Å². The summed E-state index contributed by atoms with van der Waals surface area (Å²) in [5.41, 5.74) is 3.32. The van der Waals surface area contributed by atoms with Crippen LogP contribution in [-0.4, -0.2) is 24.2 Å². The molecule has 158 valence electrons. The molecular weight excluding hydrogens is 382 g/mol. The molecule has 0 radical (unpaired) electrons. The number of aryl methyl sites for hydroxylation is 1. The van der Waals surface area contributed by atoms with Crippen LogP contribution >= 0.6 is 11.9 Å². The number of carbonyl (C=O) groups is 1. The Morgan fingerprint density at radius 3 is 2.41 bits per heavy atom. The Bertz CT molecular complexity index is 831. The summed E-state index contributed by atoms with van der Waals surface area (Å²) in [7, 11) is 3.42. The van der Waals surface area contributed by atoms with Crippen LogP contribution in [0.2, 0.25) is 0 Å². The summed E-state index contributed by atoms with van der Waals surface area (Å²) < 4.78 is 9.74. The van der Waals surface area contributed by atoms with Gasteiger partial charge in [-0.3, -0.25) is 9.52 Å². The molecule has 2 fully saturated rings. The largest absolute Gasteiger partial charge is 0.471 e. The van der Waals surface area contributed by atoms with Gasteiger partial charge in [-0.1, -0.05) is 39.2 Å². The van der Waals surface area contributed by atoms with Gasteiger partial charge in [0.05, 0.1) is 18.2 Å². The van der Waals surface area contributed by atoms with E-state index in [2.05, 4.69) is 45.3 Å². The molecule has 4 rings (SSSR count). The van der Waals surface area contributed by atoms with Gasteiger partial charge in [0.25, 0.3) is 6.47 Å². The molecular formula is C23H33N3O2S. The van der Waals surface area contributed by atoms with E-state index in [4.69, 9.17) is 4.79 Å². The molecule has 1 N–H and O–H groups in total. The normalized spacial score (nSPS) is 16.1. The van der Waals surface area contributed by atoms with E-state index in [-0.39, 0.29) is 0 Å². The molecule has 2 aliphatic rings. The summed E-state index contributed by atoms with van der Waals surface area (Å²) in [4.78, 5) is 10.2. The SMILES string of the molecule is CC.COC=O.Cn1c(C2CC2)c(C#N)c2ccc(SNC3CCCCC3)cc21. The lowest BCUT2D eigenvalue weighted by Crippen LogP contribution is -2.25. The Morgan fingerprint density at radius 1 is 1.21 bits per heavy atom. The van der Waals surface area contributed by atoms with Crippen molar-refractivity contribution >= 4 is 29.3 Å². The van der Waals surface area contributed by atoms with Crippen molar-refractivity contribution in [3.05, 3.63) is 29.5 Å². The second-order valence-corrected chi connectivity index (χ2v) is 8.18. The Hall–Kier alpha value is -1.97. The Kier molecular flexibility index (Phi) is 9.56. The highest BCUT2D eigenvalue weighted by molar-refractivity contribution is 7.97. The second-order valence-electron chi connectivity index (χ2n) is 7.27. The highest BCUT2D eigenvalue weighted by Gasteiger charge is 2.31. The van der Waals surface area contributed by atoms with Crippen molar-refractivity contribution in [2.45, 2.75) is 75.6 Å². The fourth-order valence-corrected chi connectivity index (χ4v) is 4.67. The van der Waals surface area contributed by atoms with Crippen molar-refractivity contribution in [1.29, 1.82) is 5.26 Å². The number of rotatable bonds is 5. The predicted octanol–water partition coefficient (Wildman–Crippen LogP) is 5.67. The average molecular weight is 416 g/mol. The molecule has 0 saturated heterocycles. The van der Waals surface area contributed by atoms with Gasteiger partial charge in [-0.05, 0) is 49.8 Å². The van der Waals surface area contributed by atoms with Crippen LogP contribution in [0.4, 0.5) is 0 Å². The molecule has 0 bridgehead atoms. The minimum Gasteiger partial charge on any atom is -0.471 e. The Morgan fingerprint density at radius 2 is 1.86 bits per heavy atom. The van der Waals surface area contributed by atoms with Crippen molar-refractivity contribution in [3.8, 4) is 6.07 Å². The summed E-state index contributed by atoms with van der Waals surface area (Å²) in [6.45, 7) is 4.38. The van der Waals surface area contributed by atoms with Gasteiger partial charge in [0.15, 0.2) is 0 Å². The highest BCUT2D eigenvalue weighted by atomic mass is 32.2. The van der Waals surface area contributed by atoms with Gasteiger partial charge in [-0.25, -0.2) is 0 Å². The van der Waals surface area contributed by atoms with Gasteiger partial charge in [-0.15, -0.1) is 0 Å². The molecule has 0 atom stereocenters. The van der Waals surface area contributed by atoms with Crippen molar-refractivity contribution in [2.75, 3.05) is 7.11 Å². The van der Waals surface area contributed by atoms with Crippen LogP contribution in [0.5, 0.6) is 0 Å². The topological polar surface area (TPSA) is 67.0 Å². The standard InChI is InChI=1S/C19H23N3S.C2H4O2.C2H6/c1-22-18-11-15(23-21-14-5-3-2-4-6-14)9-10-16(18)17(12-20)19(22)13-7-8-13;1-4-2-3;1-2/h9-11,13-14,21H,2-8H2,1H3;2H,1H3;1-2H3. The van der Waals surface area contributed by atoms with Crippen LogP contribution < -0.4 is 4.72 Å². The Labute approximate surface area is 178 Å². The molecule has 1 heterocycles. The van der Waals surface area contributed by atoms with Gasteiger partial charge in [0, 0.05) is 35.0 Å². The number of fused-ring (bicyclic) bond motifs is 1. The van der Waals surface area contributed by atoms with E-state index in [9.17, 15) is 5.26 Å². The maximum atomic E-state index is 9.57. The number of hydrogen-bond donors (Lipinski definition) is 1. The molecule has 1 aromatic carbocycles. The zero-order chi connectivity index (χ0) is 21.2. The van der Waals surface area contributed by atoms with E-state index in [1.54, 1.807) is 11.9 Å². The van der Waals surface area contributed by atoms with Gasteiger partial charge < -0.3 is 9.30 Å². The summed E-state index contributed by atoms with van der Waals surface area (Å²) in [5.74, 6) is 0.596. The number of aromatic nitrogens is 1. The van der Waals surface area contributed by atoms with Gasteiger partial charge >= 0.3 is 0 Å². The highest BCUT2D eigenvalue weighted by Crippen LogP contribution is 2.44. The Balaban J connectivity index is 0.000000449. The van der Waals surface area contributed by atoms with Crippen LogP contribution in [0.15, 0.2) is 23.1 Å². The zero-order valence-electron chi connectivity index (χ0n) is 18.0. The molecule has 0 spiro atoms. The van der Waals surface area contributed by atoms with E-state index in [1.165, 1.54) is 68.2 Å². The quantitative estimate of drug-likeness (QED) is 0.503. The van der Waals surface area contributed by atoms with Gasteiger partial charge in [-0.2, -0.15) is 5.26 Å². The zero-order valence-corrected chi connectivity index (χ0v) is 18.8. The summed E-state index contributed by atoms with van der Waals surface area (Å²) in [6, 6.07) is 9.61. The molecule has 1 aromatic heterocycles. The minimum atomic E-state index is 0.375. The van der Waals surface area contributed by atoms with E-state index >= 15 is 0 Å². The number of benzene rings is 1. The van der Waals surface area contributed by atoms with Crippen molar-refractivity contribution in [2.24, 2.45) is 7.05 Å². The predicted molar refractivity (Wildman–Crippen MR) is 120 cm³/mol. The minimum absolute atomic E-state index is 0.375. The summed E-state index contributed by atoms with van der Waals surface area (Å²) in [6.07, 6.45) is 9.14. The van der Waals surface area contributed by atoms with Crippen LogP contribution in [0.3, 0.4) is 0 Å². The third kappa shape index (κ3) is 6.01. The first-order valence-corrected chi connectivity index (χ1v) is 11.4. The number of nitriles is 1. The van der Waals surface area contributed by atoms with Crippen LogP contribution in [0.1, 0.15) is 76.0 Å². The molecule has 0 unspecified atom stereocenters. The van der Waals surface area contributed by atoms with E-state index in [0.717, 1.165) is 10.9 Å². The first-order valence-electron chi connectivity index (χ1n) is 10.6. The van der Waals surface area contributed by atoms with Crippen molar-refractivity contribution < 1.29 is 9.53 Å². The number of carbonyl (C=O) groups excluding carboxylic acids is 1. The third-order valence-corrected chi connectivity index (χ3v) is 6.28. The van der Waals surface area contributed by atoms with Crippen LogP contribution in [-0.2, 0) is 16.6 Å². The molecule has 5 nitrogen and oxygen atoms in total. The van der Waals surface area contributed by atoms with Gasteiger partial charge in [0.2, 0.25) is 0 Å². The number of nitrogens with one attached hydrogen (secondary N) is 1. The average Bonchev–Trinajstić information content (AvgIpc) is 3.59. The monoisotopic (exact) mass is 415 g/mol. The van der Waals surface area contributed by atoms with E-state index in [0.29, 0.717) is 18.4 Å². The van der Waals surface area contributed by atoms with Crippen molar-refractivity contribution in [1.82, 2.24) is 9.29 Å². The number of methoxy groups -OCH3 is 1. The maximum Gasteiger partial charge on any atom is 0.292 e. The summed E-state index contributed by atoms with van der Waals surface area (Å²) >= 11 is 1.75. The molecule has 6 heteroatoms. The molecule has 29 heavy (non-hydrogen) atoms. The first kappa shape index (κ1) is 23.3. The van der Waals surface area contributed by atoms with E-state index < -0.39 is 0 Å². The lowest BCUT2D eigenvalue weighted by Gasteiger charge is -2.22. The number of nitrogens with zero attached hydrogens (tertiary/aromatic N) is 2. The van der Waals surface area contributed by atoms with Crippen LogP contribution in [0.25, 0.3) is 10.9 Å². The second kappa shape index (κ2) is 11.9. The number of ether oxygens (including phenoxy) is 1. The van der Waals surface area contributed by atoms with Gasteiger partial charge in [0.1, 0.15) is 6.07 Å². The fourth-order valence-electron chi connectivity index (χ4n) is 3.82. The smallest absolute Gasteiger partial charge is 0.292 e. The maximum absolute atomic E-state index is 9.57. The third-order valence-electron chi connectivity index (χ3n) is 5.34. The molecule has 2 aromatic rings.